The van der Waals surface area contributed by atoms with E-state index in [1.807, 2.05) is 0 Å². The summed E-state index contributed by atoms with van der Waals surface area (Å²) in [4.78, 5) is 2.72. The first-order valence-electron chi connectivity index (χ1n) is 7.81. The second kappa shape index (κ2) is 5.54. The average molecular weight is 258 g/mol. The molecule has 1 aromatic rings. The zero-order chi connectivity index (χ0) is 13.2. The van der Waals surface area contributed by atoms with Crippen LogP contribution in [0.2, 0.25) is 0 Å². The number of piperidine rings is 1. The van der Waals surface area contributed by atoms with E-state index in [9.17, 15) is 0 Å². The Morgan fingerprint density at radius 1 is 1.16 bits per heavy atom. The molecule has 2 aliphatic rings. The average Bonchev–Trinajstić information content (AvgIpc) is 2.43. The van der Waals surface area contributed by atoms with Crippen LogP contribution in [0.4, 0.5) is 5.69 Å². The molecule has 1 fully saturated rings. The molecule has 1 aromatic carbocycles. The van der Waals surface area contributed by atoms with Crippen LogP contribution in [0.15, 0.2) is 24.3 Å². The Balaban J connectivity index is 1.73. The van der Waals surface area contributed by atoms with Crippen LogP contribution in [-0.2, 0) is 0 Å². The third kappa shape index (κ3) is 2.79. The minimum Gasteiger partial charge on any atom is -0.385 e. The van der Waals surface area contributed by atoms with Gasteiger partial charge in [-0.25, -0.2) is 0 Å². The highest BCUT2D eigenvalue weighted by Gasteiger charge is 2.27. The normalized spacial score (nSPS) is 31.6. The van der Waals surface area contributed by atoms with E-state index in [0.717, 1.165) is 18.5 Å². The number of nitrogens with one attached hydrogen (secondary N) is 1. The van der Waals surface area contributed by atoms with Crippen LogP contribution in [-0.4, -0.2) is 30.6 Å². The smallest absolute Gasteiger partial charge is 0.0376 e. The van der Waals surface area contributed by atoms with Gasteiger partial charge in [-0.3, -0.25) is 4.90 Å². The quantitative estimate of drug-likeness (QED) is 0.870. The van der Waals surface area contributed by atoms with Crippen molar-refractivity contribution in [2.75, 3.05) is 25.0 Å². The minimum absolute atomic E-state index is 0.713. The van der Waals surface area contributed by atoms with E-state index < -0.39 is 0 Å². The van der Waals surface area contributed by atoms with Gasteiger partial charge < -0.3 is 5.32 Å². The number of nitrogens with zero attached hydrogens (tertiary/aromatic N) is 1. The summed E-state index contributed by atoms with van der Waals surface area (Å²) in [6.45, 7) is 8.45. The van der Waals surface area contributed by atoms with Crippen molar-refractivity contribution in [1.29, 1.82) is 0 Å². The second-order valence-corrected chi connectivity index (χ2v) is 6.49. The predicted molar refractivity (Wildman–Crippen MR) is 81.7 cm³/mol. The summed E-state index contributed by atoms with van der Waals surface area (Å²) in [6.07, 6.45) is 4.04. The first-order valence-corrected chi connectivity index (χ1v) is 7.81. The Labute approximate surface area is 117 Å². The monoisotopic (exact) mass is 258 g/mol. The van der Waals surface area contributed by atoms with Crippen molar-refractivity contribution in [2.45, 2.75) is 45.1 Å². The summed E-state index contributed by atoms with van der Waals surface area (Å²) in [5, 5.41) is 3.53. The van der Waals surface area contributed by atoms with Crippen LogP contribution in [0.5, 0.6) is 0 Å². The lowest BCUT2D eigenvalue weighted by molar-refractivity contribution is 0.115. The zero-order valence-corrected chi connectivity index (χ0v) is 12.2. The fourth-order valence-electron chi connectivity index (χ4n) is 3.66. The molecule has 0 bridgehead atoms. The second-order valence-electron chi connectivity index (χ2n) is 6.49. The maximum absolute atomic E-state index is 3.53. The van der Waals surface area contributed by atoms with Crippen molar-refractivity contribution in [3.63, 3.8) is 0 Å². The number of hydrogen-bond donors (Lipinski definition) is 1. The molecule has 2 heteroatoms. The fraction of sp³-hybridized carbons (Fsp3) is 0.647. The van der Waals surface area contributed by atoms with Crippen molar-refractivity contribution in [3.05, 3.63) is 29.8 Å². The first kappa shape index (κ1) is 13.0. The Bertz CT molecular complexity index is 429. The van der Waals surface area contributed by atoms with Crippen molar-refractivity contribution < 1.29 is 0 Å². The Hall–Kier alpha value is -1.02. The van der Waals surface area contributed by atoms with E-state index in [0.29, 0.717) is 5.92 Å². The zero-order valence-electron chi connectivity index (χ0n) is 12.2. The summed E-state index contributed by atoms with van der Waals surface area (Å²) in [5.41, 5.74) is 2.88. The van der Waals surface area contributed by atoms with Crippen LogP contribution in [0, 0.1) is 5.92 Å². The molecule has 0 aromatic heterocycles. The molecule has 3 unspecified atom stereocenters. The fourth-order valence-corrected chi connectivity index (χ4v) is 3.66. The highest BCUT2D eigenvalue weighted by Crippen LogP contribution is 2.33. The van der Waals surface area contributed by atoms with Crippen LogP contribution in [0.25, 0.3) is 0 Å². The first-order chi connectivity index (χ1) is 9.24. The predicted octanol–water partition coefficient (Wildman–Crippen LogP) is 3.71. The van der Waals surface area contributed by atoms with E-state index in [1.54, 1.807) is 0 Å². The largest absolute Gasteiger partial charge is 0.385 e. The van der Waals surface area contributed by atoms with Gasteiger partial charge in [0.1, 0.15) is 0 Å². The minimum atomic E-state index is 0.713. The van der Waals surface area contributed by atoms with Gasteiger partial charge in [0.2, 0.25) is 0 Å². The molecule has 0 radical (unpaired) electrons. The molecule has 0 saturated carbocycles. The van der Waals surface area contributed by atoms with Gasteiger partial charge in [0, 0.05) is 37.3 Å². The van der Waals surface area contributed by atoms with Gasteiger partial charge in [0.25, 0.3) is 0 Å². The maximum atomic E-state index is 3.53. The Morgan fingerprint density at radius 3 is 2.89 bits per heavy atom. The summed E-state index contributed by atoms with van der Waals surface area (Å²) in [5.74, 6) is 1.58. The summed E-state index contributed by atoms with van der Waals surface area (Å²) in [7, 11) is 0. The van der Waals surface area contributed by atoms with E-state index in [2.05, 4.69) is 48.3 Å². The number of fused-ring (bicyclic) bond motifs is 1. The van der Waals surface area contributed by atoms with Gasteiger partial charge in [-0.15, -0.1) is 0 Å². The summed E-state index contributed by atoms with van der Waals surface area (Å²) >= 11 is 0. The van der Waals surface area contributed by atoms with Crippen LogP contribution < -0.4 is 5.32 Å². The standard InChI is InChI=1S/C17H26N2/c1-13-7-8-14(2)19(11-13)12-15-9-10-18-17-6-4-3-5-16(15)17/h3-6,13-15,18H,7-12H2,1-2H3. The molecule has 3 atom stereocenters. The van der Waals surface area contributed by atoms with Gasteiger partial charge in [0.15, 0.2) is 0 Å². The molecule has 2 aliphatic heterocycles. The van der Waals surface area contributed by atoms with E-state index in [1.165, 1.54) is 43.6 Å². The summed E-state index contributed by atoms with van der Waals surface area (Å²) in [6, 6.07) is 9.62. The molecule has 0 spiro atoms. The van der Waals surface area contributed by atoms with Gasteiger partial charge in [0.05, 0.1) is 0 Å². The topological polar surface area (TPSA) is 15.3 Å². The lowest BCUT2D eigenvalue weighted by Crippen LogP contribution is -2.43. The lowest BCUT2D eigenvalue weighted by Gasteiger charge is -2.40. The molecule has 2 nitrogen and oxygen atoms in total. The molecule has 19 heavy (non-hydrogen) atoms. The molecular formula is C17H26N2. The van der Waals surface area contributed by atoms with Gasteiger partial charge in [-0.2, -0.15) is 0 Å². The lowest BCUT2D eigenvalue weighted by atomic mass is 9.88. The number of para-hydroxylation sites is 1. The van der Waals surface area contributed by atoms with Crippen molar-refractivity contribution in [3.8, 4) is 0 Å². The van der Waals surface area contributed by atoms with Gasteiger partial charge >= 0.3 is 0 Å². The third-order valence-electron chi connectivity index (χ3n) is 4.91. The number of hydrogen-bond acceptors (Lipinski definition) is 2. The molecule has 104 valence electrons. The maximum Gasteiger partial charge on any atom is 0.0376 e. The molecule has 1 saturated heterocycles. The number of likely N-dealkylation sites (tertiary alicyclic amines) is 1. The molecule has 3 rings (SSSR count). The van der Waals surface area contributed by atoms with Crippen LogP contribution >= 0.6 is 0 Å². The van der Waals surface area contributed by atoms with E-state index >= 15 is 0 Å². The SMILES string of the molecule is CC1CCC(C)N(CC2CCNc3ccccc32)C1. The molecule has 0 amide bonds. The highest BCUT2D eigenvalue weighted by atomic mass is 15.2. The third-order valence-corrected chi connectivity index (χ3v) is 4.91. The van der Waals surface area contributed by atoms with Crippen molar-refractivity contribution >= 4 is 5.69 Å². The highest BCUT2D eigenvalue weighted by molar-refractivity contribution is 5.54. The van der Waals surface area contributed by atoms with Crippen molar-refractivity contribution in [2.24, 2.45) is 5.92 Å². The summed E-state index contributed by atoms with van der Waals surface area (Å²) < 4.78 is 0. The molecule has 1 N–H and O–H groups in total. The molecule has 2 heterocycles. The Kier molecular flexibility index (Phi) is 3.79. The van der Waals surface area contributed by atoms with Gasteiger partial charge in [-0.05, 0) is 43.7 Å². The van der Waals surface area contributed by atoms with Crippen LogP contribution in [0.3, 0.4) is 0 Å². The van der Waals surface area contributed by atoms with Gasteiger partial charge in [-0.1, -0.05) is 25.1 Å². The number of rotatable bonds is 2. The molecule has 0 aliphatic carbocycles. The van der Waals surface area contributed by atoms with Crippen LogP contribution in [0.1, 0.15) is 44.6 Å². The van der Waals surface area contributed by atoms with Crippen molar-refractivity contribution in [1.82, 2.24) is 4.90 Å². The number of benzene rings is 1. The molecular weight excluding hydrogens is 232 g/mol. The Morgan fingerprint density at radius 2 is 2.00 bits per heavy atom. The van der Waals surface area contributed by atoms with E-state index in [4.69, 9.17) is 0 Å². The van der Waals surface area contributed by atoms with E-state index in [-0.39, 0.29) is 0 Å². The number of anilines is 1.